The van der Waals surface area contributed by atoms with Crippen LogP contribution < -0.4 is 10.5 Å². The van der Waals surface area contributed by atoms with Crippen molar-refractivity contribution in [3.8, 4) is 11.5 Å². The van der Waals surface area contributed by atoms with Gasteiger partial charge in [0.1, 0.15) is 11.3 Å². The molecule has 0 saturated heterocycles. The second kappa shape index (κ2) is 3.87. The minimum Gasteiger partial charge on any atom is -0.505 e. The lowest BCUT2D eigenvalue weighted by molar-refractivity contribution is 0.0594. The van der Waals surface area contributed by atoms with Gasteiger partial charge in [0.25, 0.3) is 0 Å². The van der Waals surface area contributed by atoms with Crippen LogP contribution in [0.3, 0.4) is 0 Å². The molecule has 5 heteroatoms. The van der Waals surface area contributed by atoms with E-state index in [2.05, 4.69) is 4.74 Å². The predicted molar refractivity (Wildman–Crippen MR) is 50.4 cm³/mol. The van der Waals surface area contributed by atoms with Gasteiger partial charge in [-0.15, -0.1) is 0 Å². The van der Waals surface area contributed by atoms with Crippen molar-refractivity contribution in [2.45, 2.75) is 0 Å². The zero-order chi connectivity index (χ0) is 10.7. The zero-order valence-corrected chi connectivity index (χ0v) is 7.90. The highest BCUT2D eigenvalue weighted by Crippen LogP contribution is 2.33. The van der Waals surface area contributed by atoms with Crippen LogP contribution >= 0.6 is 0 Å². The highest BCUT2D eigenvalue weighted by atomic mass is 16.5. The number of rotatable bonds is 2. The van der Waals surface area contributed by atoms with Crippen LogP contribution in [0.4, 0.5) is 5.69 Å². The summed E-state index contributed by atoms with van der Waals surface area (Å²) in [6.07, 6.45) is 0. The molecule has 0 spiro atoms. The lowest BCUT2D eigenvalue weighted by Crippen LogP contribution is -2.05. The smallest absolute Gasteiger partial charge is 0.345 e. The van der Waals surface area contributed by atoms with Crippen molar-refractivity contribution < 1.29 is 19.4 Å². The van der Waals surface area contributed by atoms with Crippen LogP contribution in [0.1, 0.15) is 10.4 Å². The van der Waals surface area contributed by atoms with Gasteiger partial charge < -0.3 is 20.3 Å². The Bertz CT molecular complexity index is 362. The summed E-state index contributed by atoms with van der Waals surface area (Å²) in [7, 11) is 2.60. The van der Waals surface area contributed by atoms with Crippen LogP contribution in [0.15, 0.2) is 12.1 Å². The molecule has 1 aromatic carbocycles. The molecule has 0 bridgehead atoms. The number of hydrogen-bond acceptors (Lipinski definition) is 5. The maximum atomic E-state index is 11.2. The molecule has 0 amide bonds. The summed E-state index contributed by atoms with van der Waals surface area (Å²) in [4.78, 5) is 11.2. The minimum atomic E-state index is -0.688. The highest BCUT2D eigenvalue weighted by molar-refractivity contribution is 5.97. The van der Waals surface area contributed by atoms with Crippen molar-refractivity contribution >= 4 is 11.7 Å². The van der Waals surface area contributed by atoms with Gasteiger partial charge in [0.15, 0.2) is 5.75 Å². The van der Waals surface area contributed by atoms with Crippen LogP contribution in [-0.4, -0.2) is 25.3 Å². The van der Waals surface area contributed by atoms with E-state index in [1.54, 1.807) is 0 Å². The molecule has 1 rings (SSSR count). The molecule has 0 aliphatic rings. The van der Waals surface area contributed by atoms with Crippen LogP contribution in [0.5, 0.6) is 11.5 Å². The van der Waals surface area contributed by atoms with Gasteiger partial charge in [-0.1, -0.05) is 0 Å². The molecule has 5 nitrogen and oxygen atoms in total. The number of ether oxygens (including phenoxy) is 2. The van der Waals surface area contributed by atoms with E-state index in [1.807, 2.05) is 0 Å². The summed E-state index contributed by atoms with van der Waals surface area (Å²) in [6, 6.07) is 2.93. The molecule has 3 N–H and O–H groups in total. The van der Waals surface area contributed by atoms with Gasteiger partial charge in [0, 0.05) is 0 Å². The van der Waals surface area contributed by atoms with Crippen LogP contribution in [0.25, 0.3) is 0 Å². The van der Waals surface area contributed by atoms with Gasteiger partial charge in [-0.25, -0.2) is 4.79 Å². The van der Waals surface area contributed by atoms with Gasteiger partial charge in [0.2, 0.25) is 0 Å². The van der Waals surface area contributed by atoms with E-state index in [4.69, 9.17) is 10.5 Å². The molecule has 0 fully saturated rings. The van der Waals surface area contributed by atoms with Crippen molar-refractivity contribution in [1.82, 2.24) is 0 Å². The molecule has 0 aromatic heterocycles. The molecule has 0 radical (unpaired) electrons. The first-order valence-electron chi connectivity index (χ1n) is 3.85. The van der Waals surface area contributed by atoms with Crippen LogP contribution in [0.2, 0.25) is 0 Å². The normalized spacial score (nSPS) is 9.57. The van der Waals surface area contributed by atoms with Crippen molar-refractivity contribution in [2.24, 2.45) is 0 Å². The number of anilines is 1. The fourth-order valence-electron chi connectivity index (χ4n) is 1.06. The number of aromatic hydroxyl groups is 1. The number of hydrogen-bond donors (Lipinski definition) is 2. The molecule has 0 unspecified atom stereocenters. The Labute approximate surface area is 81.0 Å². The van der Waals surface area contributed by atoms with E-state index in [0.29, 0.717) is 0 Å². The van der Waals surface area contributed by atoms with Crippen LogP contribution in [0, 0.1) is 0 Å². The van der Waals surface area contributed by atoms with Crippen molar-refractivity contribution in [3.05, 3.63) is 17.7 Å². The molecule has 14 heavy (non-hydrogen) atoms. The average molecular weight is 197 g/mol. The van der Waals surface area contributed by atoms with Gasteiger partial charge in [0.05, 0.1) is 19.9 Å². The van der Waals surface area contributed by atoms with Gasteiger partial charge >= 0.3 is 5.97 Å². The van der Waals surface area contributed by atoms with E-state index >= 15 is 0 Å². The second-order valence-corrected chi connectivity index (χ2v) is 2.57. The first-order valence-corrected chi connectivity index (χ1v) is 3.85. The molecule has 0 heterocycles. The molecular weight excluding hydrogens is 186 g/mol. The number of methoxy groups -OCH3 is 2. The molecule has 0 aliphatic heterocycles. The zero-order valence-electron chi connectivity index (χ0n) is 7.90. The maximum absolute atomic E-state index is 11.2. The van der Waals surface area contributed by atoms with E-state index in [-0.39, 0.29) is 22.7 Å². The Balaban J connectivity index is 3.35. The quantitative estimate of drug-likeness (QED) is 0.415. The monoisotopic (exact) mass is 197 g/mol. The van der Waals surface area contributed by atoms with Gasteiger partial charge in [-0.05, 0) is 12.1 Å². The van der Waals surface area contributed by atoms with Crippen molar-refractivity contribution in [2.75, 3.05) is 20.0 Å². The Morgan fingerprint density at radius 2 is 2.07 bits per heavy atom. The molecule has 0 saturated carbocycles. The van der Waals surface area contributed by atoms with E-state index in [9.17, 15) is 9.90 Å². The number of carbonyl (C=O) groups is 1. The fourth-order valence-corrected chi connectivity index (χ4v) is 1.06. The molecule has 0 atom stereocenters. The molecule has 0 aliphatic carbocycles. The Morgan fingerprint density at radius 1 is 1.43 bits per heavy atom. The first-order chi connectivity index (χ1) is 6.61. The molecular formula is C9H11NO4. The van der Waals surface area contributed by atoms with E-state index in [1.165, 1.54) is 26.4 Å². The lowest BCUT2D eigenvalue weighted by Gasteiger charge is -2.09. The van der Waals surface area contributed by atoms with Crippen molar-refractivity contribution in [3.63, 3.8) is 0 Å². The van der Waals surface area contributed by atoms with Gasteiger partial charge in [-0.3, -0.25) is 0 Å². The molecule has 1 aromatic rings. The standard InChI is InChI=1S/C9H11NO4/c1-13-6-4-3-5(10)8(11)7(6)9(12)14-2/h3-4,11H,10H2,1-2H3. The second-order valence-electron chi connectivity index (χ2n) is 2.57. The summed E-state index contributed by atoms with van der Waals surface area (Å²) in [6.45, 7) is 0. The topological polar surface area (TPSA) is 81.8 Å². The third-order valence-corrected chi connectivity index (χ3v) is 1.78. The third-order valence-electron chi connectivity index (χ3n) is 1.78. The number of benzene rings is 1. The largest absolute Gasteiger partial charge is 0.505 e. The first kappa shape index (κ1) is 10.2. The third kappa shape index (κ3) is 1.56. The SMILES string of the molecule is COC(=O)c1c(OC)ccc(N)c1O. The molecule has 76 valence electrons. The Kier molecular flexibility index (Phi) is 2.81. The summed E-state index contributed by atoms with van der Waals surface area (Å²) in [5, 5.41) is 9.51. The number of nitrogen functional groups attached to an aromatic ring is 1. The van der Waals surface area contributed by atoms with E-state index < -0.39 is 5.97 Å². The summed E-state index contributed by atoms with van der Waals surface area (Å²) in [5.74, 6) is -0.786. The number of phenolic OH excluding ortho intramolecular Hbond substituents is 1. The minimum absolute atomic E-state index is 0.0602. The lowest BCUT2D eigenvalue weighted by atomic mass is 10.1. The predicted octanol–water partition coefficient (Wildman–Crippen LogP) is 0.770. The number of phenols is 1. The maximum Gasteiger partial charge on any atom is 0.345 e. The summed E-state index contributed by atoms with van der Waals surface area (Å²) in [5.41, 5.74) is 5.47. The van der Waals surface area contributed by atoms with Crippen molar-refractivity contribution in [1.29, 1.82) is 0 Å². The number of nitrogens with two attached hydrogens (primary N) is 1. The van der Waals surface area contributed by atoms with Gasteiger partial charge in [-0.2, -0.15) is 0 Å². The van der Waals surface area contributed by atoms with E-state index in [0.717, 1.165) is 0 Å². The Hall–Kier alpha value is -1.91. The number of esters is 1. The summed E-state index contributed by atoms with van der Waals surface area (Å²) >= 11 is 0. The summed E-state index contributed by atoms with van der Waals surface area (Å²) < 4.78 is 9.37. The Morgan fingerprint density at radius 3 is 2.57 bits per heavy atom. The highest BCUT2D eigenvalue weighted by Gasteiger charge is 2.19. The fraction of sp³-hybridized carbons (Fsp3) is 0.222. The van der Waals surface area contributed by atoms with Crippen LogP contribution in [-0.2, 0) is 4.74 Å². The number of carbonyl (C=O) groups excluding carboxylic acids is 1. The average Bonchev–Trinajstić information content (AvgIpc) is 2.20.